The maximum atomic E-state index is 6.05. The first-order valence-electron chi connectivity index (χ1n) is 7.77. The third-order valence-corrected chi connectivity index (χ3v) is 4.05. The van der Waals surface area contributed by atoms with Crippen molar-refractivity contribution in [3.63, 3.8) is 0 Å². The van der Waals surface area contributed by atoms with Crippen molar-refractivity contribution in [2.75, 3.05) is 11.4 Å². The lowest BCUT2D eigenvalue weighted by Crippen LogP contribution is -2.27. The lowest BCUT2D eigenvalue weighted by Gasteiger charge is -2.26. The second kappa shape index (κ2) is 6.42. The highest BCUT2D eigenvalue weighted by Crippen LogP contribution is 2.34. The zero-order chi connectivity index (χ0) is 13.8. The van der Waals surface area contributed by atoms with Crippen LogP contribution in [-0.2, 0) is 6.42 Å². The molecular weight excluding hydrogens is 232 g/mol. The van der Waals surface area contributed by atoms with E-state index in [0.29, 0.717) is 6.04 Å². The summed E-state index contributed by atoms with van der Waals surface area (Å²) >= 11 is 0. The van der Waals surface area contributed by atoms with Crippen LogP contribution in [0.1, 0.15) is 50.7 Å². The summed E-state index contributed by atoms with van der Waals surface area (Å²) in [5.41, 5.74) is 10.3. The summed E-state index contributed by atoms with van der Waals surface area (Å²) in [4.78, 5) is 2.60. The average molecular weight is 260 g/mol. The standard InChI is InChI=1S/C17H28N2/c1-4-10-19(16-7-8-16)17-9-6-14(11-13(17)3)12-15(18)5-2/h6,9,11,15-16H,4-5,7-8,10,12,18H2,1-3H3. The second-order valence-electron chi connectivity index (χ2n) is 5.92. The van der Waals surface area contributed by atoms with E-state index in [-0.39, 0.29) is 0 Å². The van der Waals surface area contributed by atoms with Crippen molar-refractivity contribution >= 4 is 5.69 Å². The molecule has 1 fully saturated rings. The molecule has 2 nitrogen and oxygen atoms in total. The minimum atomic E-state index is 0.292. The fourth-order valence-corrected chi connectivity index (χ4v) is 2.74. The van der Waals surface area contributed by atoms with Crippen LogP contribution in [-0.4, -0.2) is 18.6 Å². The van der Waals surface area contributed by atoms with Crippen molar-refractivity contribution in [1.29, 1.82) is 0 Å². The molecule has 0 aliphatic heterocycles. The molecule has 1 aliphatic carbocycles. The Morgan fingerprint density at radius 1 is 1.32 bits per heavy atom. The van der Waals surface area contributed by atoms with E-state index in [1.807, 2.05) is 0 Å². The highest BCUT2D eigenvalue weighted by Gasteiger charge is 2.29. The first-order chi connectivity index (χ1) is 9.15. The van der Waals surface area contributed by atoms with E-state index in [1.54, 1.807) is 0 Å². The topological polar surface area (TPSA) is 29.3 Å². The van der Waals surface area contributed by atoms with Crippen molar-refractivity contribution in [3.8, 4) is 0 Å². The van der Waals surface area contributed by atoms with Gasteiger partial charge in [0.25, 0.3) is 0 Å². The van der Waals surface area contributed by atoms with Gasteiger partial charge in [-0.15, -0.1) is 0 Å². The maximum Gasteiger partial charge on any atom is 0.0398 e. The quantitative estimate of drug-likeness (QED) is 0.811. The van der Waals surface area contributed by atoms with Gasteiger partial charge < -0.3 is 10.6 Å². The molecule has 0 radical (unpaired) electrons. The monoisotopic (exact) mass is 260 g/mol. The zero-order valence-electron chi connectivity index (χ0n) is 12.7. The molecule has 106 valence electrons. The van der Waals surface area contributed by atoms with Gasteiger partial charge >= 0.3 is 0 Å². The molecule has 0 saturated heterocycles. The first-order valence-corrected chi connectivity index (χ1v) is 7.77. The highest BCUT2D eigenvalue weighted by atomic mass is 15.2. The number of hydrogen-bond acceptors (Lipinski definition) is 2. The van der Waals surface area contributed by atoms with E-state index in [2.05, 4.69) is 43.9 Å². The van der Waals surface area contributed by atoms with E-state index in [4.69, 9.17) is 5.73 Å². The van der Waals surface area contributed by atoms with Gasteiger partial charge in [0, 0.05) is 24.3 Å². The number of nitrogens with zero attached hydrogens (tertiary/aromatic N) is 1. The molecule has 1 atom stereocenters. The molecule has 2 rings (SSSR count). The van der Waals surface area contributed by atoms with Crippen molar-refractivity contribution in [1.82, 2.24) is 0 Å². The highest BCUT2D eigenvalue weighted by molar-refractivity contribution is 5.56. The molecule has 19 heavy (non-hydrogen) atoms. The number of anilines is 1. The Hall–Kier alpha value is -1.02. The van der Waals surface area contributed by atoms with Crippen LogP contribution in [0.5, 0.6) is 0 Å². The van der Waals surface area contributed by atoms with E-state index < -0.39 is 0 Å². The molecule has 1 aliphatic rings. The SMILES string of the molecule is CCCN(c1ccc(CC(N)CC)cc1C)C1CC1. The molecule has 1 saturated carbocycles. The number of aryl methyl sites for hydroxylation is 1. The number of rotatable bonds is 7. The fraction of sp³-hybridized carbons (Fsp3) is 0.647. The zero-order valence-corrected chi connectivity index (χ0v) is 12.7. The third-order valence-electron chi connectivity index (χ3n) is 4.05. The Morgan fingerprint density at radius 3 is 2.58 bits per heavy atom. The lowest BCUT2D eigenvalue weighted by molar-refractivity contribution is 0.646. The summed E-state index contributed by atoms with van der Waals surface area (Å²) < 4.78 is 0. The first kappa shape index (κ1) is 14.4. The van der Waals surface area contributed by atoms with Gasteiger partial charge in [-0.1, -0.05) is 26.0 Å². The number of hydrogen-bond donors (Lipinski definition) is 1. The van der Waals surface area contributed by atoms with Crippen molar-refractivity contribution < 1.29 is 0 Å². The van der Waals surface area contributed by atoms with Crippen LogP contribution in [0.3, 0.4) is 0 Å². The summed E-state index contributed by atoms with van der Waals surface area (Å²) in [6, 6.07) is 7.99. The van der Waals surface area contributed by atoms with Crippen LogP contribution >= 0.6 is 0 Å². The van der Waals surface area contributed by atoms with E-state index in [9.17, 15) is 0 Å². The summed E-state index contributed by atoms with van der Waals surface area (Å²) in [5, 5.41) is 0. The van der Waals surface area contributed by atoms with Crippen LogP contribution in [0.4, 0.5) is 5.69 Å². The molecule has 1 aromatic carbocycles. The Morgan fingerprint density at radius 2 is 2.05 bits per heavy atom. The molecule has 2 N–H and O–H groups in total. The number of nitrogens with two attached hydrogens (primary N) is 1. The summed E-state index contributed by atoms with van der Waals surface area (Å²) in [6.07, 6.45) is 5.99. The maximum absolute atomic E-state index is 6.05. The van der Waals surface area contributed by atoms with E-state index in [0.717, 1.165) is 18.9 Å². The molecule has 0 bridgehead atoms. The van der Waals surface area contributed by atoms with Gasteiger partial charge in [0.05, 0.1) is 0 Å². The summed E-state index contributed by atoms with van der Waals surface area (Å²) in [6.45, 7) is 7.84. The molecule has 0 aromatic heterocycles. The fourth-order valence-electron chi connectivity index (χ4n) is 2.74. The molecule has 0 amide bonds. The second-order valence-corrected chi connectivity index (χ2v) is 5.92. The molecule has 2 heteroatoms. The smallest absolute Gasteiger partial charge is 0.0398 e. The predicted octanol–water partition coefficient (Wildman–Crippen LogP) is 3.65. The normalized spacial score (nSPS) is 16.4. The van der Waals surface area contributed by atoms with Crippen LogP contribution in [0.15, 0.2) is 18.2 Å². The van der Waals surface area contributed by atoms with Gasteiger partial charge in [-0.25, -0.2) is 0 Å². The van der Waals surface area contributed by atoms with Crippen LogP contribution < -0.4 is 10.6 Å². The van der Waals surface area contributed by atoms with E-state index in [1.165, 1.54) is 42.6 Å². The third kappa shape index (κ3) is 3.73. The lowest BCUT2D eigenvalue weighted by atomic mass is 10.0. The minimum Gasteiger partial charge on any atom is -0.368 e. The Balaban J connectivity index is 2.13. The van der Waals surface area contributed by atoms with Gasteiger partial charge in [0.2, 0.25) is 0 Å². The summed E-state index contributed by atoms with van der Waals surface area (Å²) in [5.74, 6) is 0. The van der Waals surface area contributed by atoms with Gasteiger partial charge in [-0.2, -0.15) is 0 Å². The molecule has 0 spiro atoms. The van der Waals surface area contributed by atoms with Gasteiger partial charge in [-0.05, 0) is 56.2 Å². The summed E-state index contributed by atoms with van der Waals surface area (Å²) in [7, 11) is 0. The van der Waals surface area contributed by atoms with Crippen LogP contribution in [0.25, 0.3) is 0 Å². The number of benzene rings is 1. The molecule has 1 unspecified atom stereocenters. The Labute approximate surface area is 118 Å². The Kier molecular flexibility index (Phi) is 4.87. The molecule has 1 aromatic rings. The molecule has 0 heterocycles. The molecular formula is C17H28N2. The minimum absolute atomic E-state index is 0.292. The Bertz CT molecular complexity index is 410. The van der Waals surface area contributed by atoms with Crippen LogP contribution in [0, 0.1) is 6.92 Å². The van der Waals surface area contributed by atoms with Crippen molar-refractivity contribution in [3.05, 3.63) is 29.3 Å². The predicted molar refractivity (Wildman–Crippen MR) is 83.8 cm³/mol. The van der Waals surface area contributed by atoms with Crippen LogP contribution in [0.2, 0.25) is 0 Å². The van der Waals surface area contributed by atoms with E-state index >= 15 is 0 Å². The van der Waals surface area contributed by atoms with Crippen molar-refractivity contribution in [2.45, 2.75) is 65.0 Å². The van der Waals surface area contributed by atoms with Gasteiger partial charge in [0.1, 0.15) is 0 Å². The average Bonchev–Trinajstić information content (AvgIpc) is 3.21. The van der Waals surface area contributed by atoms with Gasteiger partial charge in [0.15, 0.2) is 0 Å². The van der Waals surface area contributed by atoms with Gasteiger partial charge in [-0.3, -0.25) is 0 Å². The largest absolute Gasteiger partial charge is 0.368 e. The van der Waals surface area contributed by atoms with Crippen molar-refractivity contribution in [2.24, 2.45) is 5.73 Å².